The van der Waals surface area contributed by atoms with Crippen molar-refractivity contribution < 1.29 is 4.79 Å². The van der Waals surface area contributed by atoms with Gasteiger partial charge in [-0.1, -0.05) is 30.9 Å². The van der Waals surface area contributed by atoms with Crippen LogP contribution in [0.25, 0.3) is 0 Å². The van der Waals surface area contributed by atoms with E-state index in [-0.39, 0.29) is 17.5 Å². The summed E-state index contributed by atoms with van der Waals surface area (Å²) < 4.78 is 0. The molecule has 5 nitrogen and oxygen atoms in total. The predicted octanol–water partition coefficient (Wildman–Crippen LogP) is 3.00. The molecule has 0 spiro atoms. The molecule has 110 valence electrons. The minimum absolute atomic E-state index is 0.0282. The molecule has 1 amide bonds. The number of hydrogen-bond donors (Lipinski definition) is 2. The van der Waals surface area contributed by atoms with Crippen LogP contribution in [0, 0.1) is 11.3 Å². The highest BCUT2D eigenvalue weighted by molar-refractivity contribution is 6.32. The Labute approximate surface area is 129 Å². The molecule has 0 aliphatic heterocycles. The highest BCUT2D eigenvalue weighted by atomic mass is 35.5. The van der Waals surface area contributed by atoms with E-state index in [0.29, 0.717) is 10.8 Å². The largest absolute Gasteiger partial charge is 0.358 e. The first-order valence-corrected chi connectivity index (χ1v) is 7.36. The molecule has 0 radical (unpaired) electrons. The molecule has 0 unspecified atom stereocenters. The summed E-state index contributed by atoms with van der Waals surface area (Å²) in [6.07, 6.45) is 8.35. The van der Waals surface area contributed by atoms with Crippen LogP contribution in [-0.2, 0) is 4.79 Å². The van der Waals surface area contributed by atoms with Gasteiger partial charge in [0.15, 0.2) is 5.15 Å². The van der Waals surface area contributed by atoms with Crippen LogP contribution in [0.5, 0.6) is 0 Å². The number of carbonyl (C=O) groups excluding carboxylic acids is 1. The Bertz CT molecular complexity index is 573. The number of nitriles is 1. The van der Waals surface area contributed by atoms with Crippen LogP contribution in [-0.4, -0.2) is 16.9 Å². The third-order valence-electron chi connectivity index (χ3n) is 3.44. The lowest BCUT2D eigenvalue weighted by Gasteiger charge is -2.22. The summed E-state index contributed by atoms with van der Waals surface area (Å²) in [6, 6.07) is 5.52. The smallest absolute Gasteiger partial charge is 0.263 e. The van der Waals surface area contributed by atoms with E-state index in [1.54, 1.807) is 18.3 Å². The maximum atomic E-state index is 12.1. The number of carbonyl (C=O) groups is 1. The van der Waals surface area contributed by atoms with Gasteiger partial charge in [-0.25, -0.2) is 4.98 Å². The fourth-order valence-electron chi connectivity index (χ4n) is 2.30. The molecule has 2 N–H and O–H groups in total. The second-order valence-corrected chi connectivity index (χ2v) is 5.32. The monoisotopic (exact) mass is 304 g/mol. The second kappa shape index (κ2) is 7.65. The molecule has 1 heterocycles. The Kier molecular flexibility index (Phi) is 5.59. The molecule has 0 atom stereocenters. The predicted molar refractivity (Wildman–Crippen MR) is 81.6 cm³/mol. The van der Waals surface area contributed by atoms with Crippen LogP contribution in [0.2, 0.25) is 5.15 Å². The third kappa shape index (κ3) is 4.47. The Morgan fingerprint density at radius 1 is 1.43 bits per heavy atom. The van der Waals surface area contributed by atoms with Gasteiger partial charge in [0.2, 0.25) is 0 Å². The van der Waals surface area contributed by atoms with E-state index in [2.05, 4.69) is 15.6 Å². The molecule has 1 aliphatic rings. The average Bonchev–Trinajstić information content (AvgIpc) is 2.50. The number of pyridine rings is 1. The summed E-state index contributed by atoms with van der Waals surface area (Å²) in [5.74, 6) is -0.350. The van der Waals surface area contributed by atoms with Crippen molar-refractivity contribution >= 4 is 23.2 Å². The van der Waals surface area contributed by atoms with E-state index in [1.807, 2.05) is 6.07 Å². The zero-order valence-corrected chi connectivity index (χ0v) is 12.4. The zero-order valence-electron chi connectivity index (χ0n) is 11.6. The quantitative estimate of drug-likeness (QED) is 0.509. The first kappa shape index (κ1) is 15.3. The minimum Gasteiger partial charge on any atom is -0.358 e. The molecular formula is C15H17ClN4O. The van der Waals surface area contributed by atoms with Crippen molar-refractivity contribution in [1.82, 2.24) is 10.3 Å². The maximum Gasteiger partial charge on any atom is 0.263 e. The van der Waals surface area contributed by atoms with E-state index in [4.69, 9.17) is 16.9 Å². The van der Waals surface area contributed by atoms with E-state index in [1.165, 1.54) is 12.6 Å². The summed E-state index contributed by atoms with van der Waals surface area (Å²) in [5.41, 5.74) is 0.581. The fraction of sp³-hybridized carbons (Fsp3) is 0.400. The molecule has 0 bridgehead atoms. The zero-order chi connectivity index (χ0) is 15.1. The van der Waals surface area contributed by atoms with Crippen molar-refractivity contribution in [3.05, 3.63) is 35.3 Å². The van der Waals surface area contributed by atoms with Gasteiger partial charge in [-0.05, 0) is 25.0 Å². The van der Waals surface area contributed by atoms with E-state index in [0.717, 1.165) is 25.7 Å². The average molecular weight is 305 g/mol. The normalized spacial score (nSPS) is 16.1. The van der Waals surface area contributed by atoms with Crippen LogP contribution in [0.4, 0.5) is 5.69 Å². The van der Waals surface area contributed by atoms with Crippen molar-refractivity contribution in [3.8, 4) is 6.07 Å². The molecule has 1 aliphatic carbocycles. The molecule has 21 heavy (non-hydrogen) atoms. The van der Waals surface area contributed by atoms with Gasteiger partial charge in [-0.15, -0.1) is 0 Å². The molecular weight excluding hydrogens is 288 g/mol. The van der Waals surface area contributed by atoms with Crippen molar-refractivity contribution in [1.29, 1.82) is 5.26 Å². The van der Waals surface area contributed by atoms with Gasteiger partial charge in [-0.2, -0.15) is 5.26 Å². The van der Waals surface area contributed by atoms with E-state index >= 15 is 0 Å². The van der Waals surface area contributed by atoms with Gasteiger partial charge in [0.1, 0.15) is 11.6 Å². The van der Waals surface area contributed by atoms with Crippen molar-refractivity contribution in [3.63, 3.8) is 0 Å². The molecule has 0 saturated heterocycles. The molecule has 6 heteroatoms. The van der Waals surface area contributed by atoms with Gasteiger partial charge in [-0.3, -0.25) is 4.79 Å². The summed E-state index contributed by atoms with van der Waals surface area (Å²) in [6.45, 7) is 0. The maximum absolute atomic E-state index is 12.1. The highest BCUT2D eigenvalue weighted by Crippen LogP contribution is 2.19. The van der Waals surface area contributed by atoms with Gasteiger partial charge in [0.25, 0.3) is 5.91 Å². The summed E-state index contributed by atoms with van der Waals surface area (Å²) >= 11 is 5.90. The number of halogens is 1. The number of hydrogen-bond acceptors (Lipinski definition) is 4. The second-order valence-electron chi connectivity index (χ2n) is 4.96. The summed E-state index contributed by atoms with van der Waals surface area (Å²) in [4.78, 5) is 16.0. The lowest BCUT2D eigenvalue weighted by Crippen LogP contribution is -2.37. The first-order valence-electron chi connectivity index (χ1n) is 6.99. The van der Waals surface area contributed by atoms with Crippen molar-refractivity contribution in [2.45, 2.75) is 38.1 Å². The number of aromatic nitrogens is 1. The van der Waals surface area contributed by atoms with Crippen LogP contribution >= 0.6 is 11.6 Å². The number of rotatable bonds is 4. The third-order valence-corrected chi connectivity index (χ3v) is 3.74. The Morgan fingerprint density at radius 3 is 2.86 bits per heavy atom. The Balaban J connectivity index is 1.98. The molecule has 1 fully saturated rings. The molecule has 1 aromatic rings. The summed E-state index contributed by atoms with van der Waals surface area (Å²) in [5, 5.41) is 15.1. The number of nitrogens with zero attached hydrogens (tertiary/aromatic N) is 2. The van der Waals surface area contributed by atoms with E-state index < -0.39 is 0 Å². The SMILES string of the molecule is N#C/C(=C/Nc1cccnc1Cl)C(=O)NC1CCCCC1. The molecule has 1 saturated carbocycles. The van der Waals surface area contributed by atoms with Crippen molar-refractivity contribution in [2.24, 2.45) is 0 Å². The van der Waals surface area contributed by atoms with Gasteiger partial charge < -0.3 is 10.6 Å². The standard InChI is InChI=1S/C15H17ClN4O/c16-14-13(7-4-8-18-14)19-10-11(9-17)15(21)20-12-5-2-1-3-6-12/h4,7-8,10,12,19H,1-3,5-6H2,(H,20,21)/b11-10-. The minimum atomic E-state index is -0.350. The fourth-order valence-corrected chi connectivity index (χ4v) is 2.48. The molecule has 1 aromatic heterocycles. The van der Waals surface area contributed by atoms with E-state index in [9.17, 15) is 4.79 Å². The van der Waals surface area contributed by atoms with Gasteiger partial charge in [0, 0.05) is 18.4 Å². The highest BCUT2D eigenvalue weighted by Gasteiger charge is 2.18. The van der Waals surface area contributed by atoms with Crippen LogP contribution in [0.3, 0.4) is 0 Å². The number of amides is 1. The van der Waals surface area contributed by atoms with Crippen molar-refractivity contribution in [2.75, 3.05) is 5.32 Å². The van der Waals surface area contributed by atoms with Crippen LogP contribution < -0.4 is 10.6 Å². The van der Waals surface area contributed by atoms with Crippen LogP contribution in [0.15, 0.2) is 30.1 Å². The van der Waals surface area contributed by atoms with Gasteiger partial charge in [0.05, 0.1) is 5.69 Å². The number of nitrogens with one attached hydrogen (secondary N) is 2. The topological polar surface area (TPSA) is 77.8 Å². The molecule has 0 aromatic carbocycles. The lowest BCUT2D eigenvalue weighted by molar-refractivity contribution is -0.118. The number of anilines is 1. The lowest BCUT2D eigenvalue weighted by atomic mass is 9.95. The summed E-state index contributed by atoms with van der Waals surface area (Å²) in [7, 11) is 0. The van der Waals surface area contributed by atoms with Crippen LogP contribution in [0.1, 0.15) is 32.1 Å². The first-order chi connectivity index (χ1) is 10.2. The Hall–Kier alpha value is -2.06. The van der Waals surface area contributed by atoms with Gasteiger partial charge >= 0.3 is 0 Å². The molecule has 2 rings (SSSR count). The Morgan fingerprint density at radius 2 is 2.19 bits per heavy atom.